The SMILES string of the molecule is CCOc1ccc(CNC(=O)c2ccc3c(c2)NC(=O)/C(=C\c2ccccc2OC)O3)cc1. The highest BCUT2D eigenvalue weighted by molar-refractivity contribution is 6.09. The number of rotatable bonds is 7. The number of anilines is 1. The lowest BCUT2D eigenvalue weighted by Crippen LogP contribution is -2.25. The monoisotopic (exact) mass is 444 g/mol. The van der Waals surface area contributed by atoms with Gasteiger partial charge < -0.3 is 24.8 Å². The molecule has 2 N–H and O–H groups in total. The fourth-order valence-corrected chi connectivity index (χ4v) is 3.38. The Hall–Kier alpha value is -4.26. The highest BCUT2D eigenvalue weighted by atomic mass is 16.5. The van der Waals surface area contributed by atoms with Crippen LogP contribution >= 0.6 is 0 Å². The number of methoxy groups -OCH3 is 1. The van der Waals surface area contributed by atoms with Crippen molar-refractivity contribution in [2.45, 2.75) is 13.5 Å². The van der Waals surface area contributed by atoms with Gasteiger partial charge in [-0.25, -0.2) is 0 Å². The van der Waals surface area contributed by atoms with E-state index < -0.39 is 5.91 Å². The predicted octanol–water partition coefficient (Wildman–Crippen LogP) is 4.40. The minimum absolute atomic E-state index is 0.139. The summed E-state index contributed by atoms with van der Waals surface area (Å²) in [7, 11) is 1.57. The molecule has 0 fully saturated rings. The summed E-state index contributed by atoms with van der Waals surface area (Å²) >= 11 is 0. The zero-order chi connectivity index (χ0) is 23.2. The lowest BCUT2D eigenvalue weighted by molar-refractivity contribution is -0.115. The first-order valence-corrected chi connectivity index (χ1v) is 10.5. The zero-order valence-electron chi connectivity index (χ0n) is 18.4. The molecule has 33 heavy (non-hydrogen) atoms. The highest BCUT2D eigenvalue weighted by Crippen LogP contribution is 2.33. The molecular formula is C26H24N2O5. The van der Waals surface area contributed by atoms with Gasteiger partial charge in [0.1, 0.15) is 11.5 Å². The molecule has 1 aliphatic heterocycles. The molecule has 0 saturated carbocycles. The Morgan fingerprint density at radius 3 is 2.64 bits per heavy atom. The third-order valence-corrected chi connectivity index (χ3v) is 5.05. The van der Waals surface area contributed by atoms with Gasteiger partial charge in [0.2, 0.25) is 0 Å². The Balaban J connectivity index is 1.44. The average molecular weight is 444 g/mol. The summed E-state index contributed by atoms with van der Waals surface area (Å²) in [5.74, 6) is 1.36. The molecule has 2 amide bonds. The quantitative estimate of drug-likeness (QED) is 0.528. The molecule has 0 unspecified atom stereocenters. The van der Waals surface area contributed by atoms with Crippen molar-refractivity contribution >= 4 is 23.6 Å². The van der Waals surface area contributed by atoms with Crippen LogP contribution in [0.25, 0.3) is 6.08 Å². The standard InChI is InChI=1S/C26H24N2O5/c1-3-32-20-11-8-17(9-12-20)16-27-25(29)19-10-13-23-21(14-19)28-26(30)24(33-23)15-18-6-4-5-7-22(18)31-2/h4-15H,3,16H2,1-2H3,(H,27,29)(H,28,30)/b24-15+. The van der Waals surface area contributed by atoms with Crippen LogP contribution in [0.15, 0.2) is 72.5 Å². The molecule has 4 rings (SSSR count). The Kier molecular flexibility index (Phi) is 6.59. The second-order valence-electron chi connectivity index (χ2n) is 7.28. The van der Waals surface area contributed by atoms with Crippen LogP contribution in [-0.2, 0) is 11.3 Å². The van der Waals surface area contributed by atoms with Gasteiger partial charge in [0.25, 0.3) is 11.8 Å². The van der Waals surface area contributed by atoms with E-state index in [-0.39, 0.29) is 11.7 Å². The number of hydrogen-bond acceptors (Lipinski definition) is 5. The van der Waals surface area contributed by atoms with Crippen LogP contribution in [0.4, 0.5) is 5.69 Å². The normalized spacial score (nSPS) is 13.5. The number of fused-ring (bicyclic) bond motifs is 1. The molecule has 7 heteroatoms. The minimum Gasteiger partial charge on any atom is -0.496 e. The van der Waals surface area contributed by atoms with E-state index >= 15 is 0 Å². The number of nitrogens with one attached hydrogen (secondary N) is 2. The van der Waals surface area contributed by atoms with Crippen molar-refractivity contribution in [2.24, 2.45) is 0 Å². The molecule has 0 radical (unpaired) electrons. The van der Waals surface area contributed by atoms with Crippen molar-refractivity contribution in [3.05, 3.63) is 89.2 Å². The summed E-state index contributed by atoms with van der Waals surface area (Å²) in [6.45, 7) is 2.90. The third kappa shape index (κ3) is 5.15. The molecule has 0 spiro atoms. The van der Waals surface area contributed by atoms with Crippen LogP contribution in [0.1, 0.15) is 28.4 Å². The first kappa shape index (κ1) is 22.0. The van der Waals surface area contributed by atoms with Crippen LogP contribution in [0.2, 0.25) is 0 Å². The van der Waals surface area contributed by atoms with Gasteiger partial charge in [-0.15, -0.1) is 0 Å². The summed E-state index contributed by atoms with van der Waals surface area (Å²) in [6, 6.07) is 19.8. The minimum atomic E-state index is -0.402. The predicted molar refractivity (Wildman–Crippen MR) is 125 cm³/mol. The zero-order valence-corrected chi connectivity index (χ0v) is 18.4. The fraction of sp³-hybridized carbons (Fsp3) is 0.154. The summed E-state index contributed by atoms with van der Waals surface area (Å²) in [4.78, 5) is 25.2. The summed E-state index contributed by atoms with van der Waals surface area (Å²) < 4.78 is 16.5. The average Bonchev–Trinajstić information content (AvgIpc) is 2.84. The van der Waals surface area contributed by atoms with Crippen LogP contribution < -0.4 is 24.8 Å². The second kappa shape index (κ2) is 9.91. The second-order valence-corrected chi connectivity index (χ2v) is 7.28. The lowest BCUT2D eigenvalue weighted by Gasteiger charge is -2.21. The molecule has 7 nitrogen and oxygen atoms in total. The van der Waals surface area contributed by atoms with Gasteiger partial charge in [0, 0.05) is 17.7 Å². The molecule has 0 aromatic heterocycles. The number of para-hydroxylation sites is 1. The molecule has 0 bridgehead atoms. The largest absolute Gasteiger partial charge is 0.496 e. The molecule has 168 valence electrons. The molecule has 3 aromatic rings. The Bertz CT molecular complexity index is 1200. The van der Waals surface area contributed by atoms with E-state index in [2.05, 4.69) is 10.6 Å². The van der Waals surface area contributed by atoms with Gasteiger partial charge in [-0.1, -0.05) is 30.3 Å². The van der Waals surface area contributed by atoms with Gasteiger partial charge in [-0.3, -0.25) is 9.59 Å². The molecular weight excluding hydrogens is 420 g/mol. The van der Waals surface area contributed by atoms with Gasteiger partial charge >= 0.3 is 0 Å². The van der Waals surface area contributed by atoms with E-state index in [1.54, 1.807) is 37.5 Å². The van der Waals surface area contributed by atoms with Crippen molar-refractivity contribution < 1.29 is 23.8 Å². The van der Waals surface area contributed by atoms with Gasteiger partial charge in [-0.2, -0.15) is 0 Å². The van der Waals surface area contributed by atoms with Gasteiger partial charge in [0.15, 0.2) is 11.5 Å². The van der Waals surface area contributed by atoms with E-state index in [0.29, 0.717) is 35.9 Å². The number of amides is 2. The fourth-order valence-electron chi connectivity index (χ4n) is 3.38. The molecule has 0 atom stereocenters. The molecule has 1 heterocycles. The van der Waals surface area contributed by atoms with Crippen LogP contribution in [0.3, 0.4) is 0 Å². The first-order chi connectivity index (χ1) is 16.1. The van der Waals surface area contributed by atoms with Crippen LogP contribution in [0, 0.1) is 0 Å². The molecule has 0 saturated heterocycles. The van der Waals surface area contributed by atoms with Gasteiger partial charge in [0.05, 0.1) is 19.4 Å². The number of carbonyl (C=O) groups excluding carboxylic acids is 2. The Labute approximate surface area is 192 Å². The van der Waals surface area contributed by atoms with E-state index in [1.807, 2.05) is 49.4 Å². The number of carbonyl (C=O) groups is 2. The van der Waals surface area contributed by atoms with Crippen molar-refractivity contribution in [3.63, 3.8) is 0 Å². The summed E-state index contributed by atoms with van der Waals surface area (Å²) in [5.41, 5.74) is 2.53. The molecule has 1 aliphatic rings. The van der Waals surface area contributed by atoms with Crippen molar-refractivity contribution in [2.75, 3.05) is 19.0 Å². The molecule has 3 aromatic carbocycles. The van der Waals surface area contributed by atoms with Crippen LogP contribution in [0.5, 0.6) is 17.2 Å². The van der Waals surface area contributed by atoms with Crippen molar-refractivity contribution in [1.29, 1.82) is 0 Å². The maximum absolute atomic E-state index is 12.6. The Morgan fingerprint density at radius 1 is 1.09 bits per heavy atom. The summed E-state index contributed by atoms with van der Waals surface area (Å²) in [5, 5.41) is 5.67. The van der Waals surface area contributed by atoms with Crippen molar-refractivity contribution in [3.8, 4) is 17.2 Å². The van der Waals surface area contributed by atoms with Crippen molar-refractivity contribution in [1.82, 2.24) is 5.32 Å². The maximum atomic E-state index is 12.6. The smallest absolute Gasteiger partial charge is 0.291 e. The Morgan fingerprint density at radius 2 is 1.88 bits per heavy atom. The molecule has 0 aliphatic carbocycles. The number of hydrogen-bond donors (Lipinski definition) is 2. The summed E-state index contributed by atoms with van der Waals surface area (Å²) in [6.07, 6.45) is 1.62. The number of ether oxygens (including phenoxy) is 3. The van der Waals surface area contributed by atoms with E-state index in [1.165, 1.54) is 0 Å². The maximum Gasteiger partial charge on any atom is 0.291 e. The highest BCUT2D eigenvalue weighted by Gasteiger charge is 2.23. The lowest BCUT2D eigenvalue weighted by atomic mass is 10.1. The van der Waals surface area contributed by atoms with E-state index in [9.17, 15) is 9.59 Å². The van der Waals surface area contributed by atoms with E-state index in [4.69, 9.17) is 14.2 Å². The number of benzene rings is 3. The van der Waals surface area contributed by atoms with Gasteiger partial charge in [-0.05, 0) is 55.0 Å². The third-order valence-electron chi connectivity index (χ3n) is 5.05. The van der Waals surface area contributed by atoms with E-state index in [0.717, 1.165) is 16.9 Å². The van der Waals surface area contributed by atoms with Crippen LogP contribution in [-0.4, -0.2) is 25.5 Å². The first-order valence-electron chi connectivity index (χ1n) is 10.5. The topological polar surface area (TPSA) is 85.9 Å².